The summed E-state index contributed by atoms with van der Waals surface area (Å²) in [6.07, 6.45) is 2.26. The van der Waals surface area contributed by atoms with Gasteiger partial charge in [0.1, 0.15) is 0 Å². The first kappa shape index (κ1) is 11.6. The Balaban J connectivity index is 2.09. The number of hydrogen-bond acceptors (Lipinski definition) is 2. The van der Waals surface area contributed by atoms with Gasteiger partial charge in [-0.25, -0.2) is 0 Å². The van der Waals surface area contributed by atoms with Gasteiger partial charge in [-0.3, -0.25) is 0 Å². The normalized spacial score (nSPS) is 18.2. The van der Waals surface area contributed by atoms with Crippen molar-refractivity contribution >= 4 is 0 Å². The summed E-state index contributed by atoms with van der Waals surface area (Å²) in [6.45, 7) is 5.99. The van der Waals surface area contributed by atoms with E-state index in [1.54, 1.807) is 0 Å². The van der Waals surface area contributed by atoms with Crippen molar-refractivity contribution in [2.75, 3.05) is 0 Å². The molecule has 0 aliphatic carbocycles. The van der Waals surface area contributed by atoms with Crippen molar-refractivity contribution in [1.29, 1.82) is 0 Å². The molecule has 2 unspecified atom stereocenters. The van der Waals surface area contributed by atoms with Crippen molar-refractivity contribution in [2.45, 2.75) is 45.9 Å². The number of benzene rings is 1. The Kier molecular flexibility index (Phi) is 3.62. The van der Waals surface area contributed by atoms with Gasteiger partial charge >= 0.3 is 0 Å². The van der Waals surface area contributed by atoms with E-state index in [9.17, 15) is 0 Å². The fraction of sp³-hybridized carbons (Fsp3) is 0.571. The van der Waals surface area contributed by atoms with E-state index in [-0.39, 0.29) is 6.04 Å². The lowest BCUT2D eigenvalue weighted by Crippen LogP contribution is -2.14. The van der Waals surface area contributed by atoms with Gasteiger partial charge in [-0.2, -0.15) is 0 Å². The molecule has 2 N–H and O–H groups in total. The SMILES string of the molecule is CCC(C)CC(N)c1ccc2c(c1)COC2. The van der Waals surface area contributed by atoms with E-state index < -0.39 is 0 Å². The minimum absolute atomic E-state index is 0.167. The summed E-state index contributed by atoms with van der Waals surface area (Å²) in [7, 11) is 0. The molecule has 1 heterocycles. The van der Waals surface area contributed by atoms with E-state index in [0.29, 0.717) is 5.92 Å². The standard InChI is InChI=1S/C14H21NO/c1-3-10(2)6-14(15)11-4-5-12-8-16-9-13(12)7-11/h4-5,7,10,14H,3,6,8-9,15H2,1-2H3. The minimum Gasteiger partial charge on any atom is -0.372 e. The number of nitrogens with two attached hydrogens (primary N) is 1. The lowest BCUT2D eigenvalue weighted by atomic mass is 9.93. The van der Waals surface area contributed by atoms with Crippen molar-refractivity contribution in [3.05, 3.63) is 34.9 Å². The molecule has 0 saturated carbocycles. The van der Waals surface area contributed by atoms with Crippen LogP contribution >= 0.6 is 0 Å². The van der Waals surface area contributed by atoms with Gasteiger partial charge in [-0.1, -0.05) is 38.5 Å². The highest BCUT2D eigenvalue weighted by Gasteiger charge is 2.15. The van der Waals surface area contributed by atoms with Crippen LogP contribution in [-0.4, -0.2) is 0 Å². The first-order chi connectivity index (χ1) is 7.70. The second-order valence-electron chi connectivity index (χ2n) is 4.88. The zero-order valence-electron chi connectivity index (χ0n) is 10.2. The molecule has 0 bridgehead atoms. The number of rotatable bonds is 4. The molecule has 0 saturated heterocycles. The van der Waals surface area contributed by atoms with Gasteiger partial charge in [0.05, 0.1) is 13.2 Å². The summed E-state index contributed by atoms with van der Waals surface area (Å²) in [5, 5.41) is 0. The second-order valence-corrected chi connectivity index (χ2v) is 4.88. The second kappa shape index (κ2) is 4.98. The lowest BCUT2D eigenvalue weighted by molar-refractivity contribution is 0.134. The summed E-state index contributed by atoms with van der Waals surface area (Å²) in [6, 6.07) is 6.70. The van der Waals surface area contributed by atoms with Crippen molar-refractivity contribution in [1.82, 2.24) is 0 Å². The fourth-order valence-corrected chi connectivity index (χ4v) is 2.16. The van der Waals surface area contributed by atoms with Gasteiger partial charge in [0.15, 0.2) is 0 Å². The summed E-state index contributed by atoms with van der Waals surface area (Å²) in [5.41, 5.74) is 10.1. The molecule has 16 heavy (non-hydrogen) atoms. The summed E-state index contributed by atoms with van der Waals surface area (Å²) in [4.78, 5) is 0. The number of hydrogen-bond donors (Lipinski definition) is 1. The first-order valence-electron chi connectivity index (χ1n) is 6.15. The minimum atomic E-state index is 0.167. The quantitative estimate of drug-likeness (QED) is 0.844. The predicted molar refractivity (Wildman–Crippen MR) is 65.9 cm³/mol. The molecule has 88 valence electrons. The molecule has 0 aromatic heterocycles. The monoisotopic (exact) mass is 219 g/mol. The van der Waals surface area contributed by atoms with Crippen LogP contribution in [0.1, 0.15) is 49.4 Å². The molecule has 0 radical (unpaired) electrons. The van der Waals surface area contributed by atoms with E-state index in [2.05, 4.69) is 32.0 Å². The summed E-state index contributed by atoms with van der Waals surface area (Å²) < 4.78 is 5.41. The Morgan fingerprint density at radius 1 is 1.31 bits per heavy atom. The smallest absolute Gasteiger partial charge is 0.0725 e. The third kappa shape index (κ3) is 2.45. The molecule has 1 aromatic carbocycles. The van der Waals surface area contributed by atoms with Crippen LogP contribution in [0.5, 0.6) is 0 Å². The molecule has 0 amide bonds. The van der Waals surface area contributed by atoms with Crippen LogP contribution in [0.4, 0.5) is 0 Å². The van der Waals surface area contributed by atoms with E-state index in [1.165, 1.54) is 23.1 Å². The Bertz CT molecular complexity index is 362. The van der Waals surface area contributed by atoms with Crippen LogP contribution in [0.25, 0.3) is 0 Å². The average molecular weight is 219 g/mol. The Hall–Kier alpha value is -0.860. The molecule has 1 aliphatic rings. The van der Waals surface area contributed by atoms with Gasteiger partial charge in [0.25, 0.3) is 0 Å². The highest BCUT2D eigenvalue weighted by molar-refractivity contribution is 5.34. The van der Waals surface area contributed by atoms with Gasteiger partial charge in [0, 0.05) is 6.04 Å². The zero-order chi connectivity index (χ0) is 11.5. The predicted octanol–water partition coefficient (Wildman–Crippen LogP) is 3.15. The van der Waals surface area contributed by atoms with Gasteiger partial charge in [-0.15, -0.1) is 0 Å². The van der Waals surface area contributed by atoms with Crippen LogP contribution < -0.4 is 5.73 Å². The number of fused-ring (bicyclic) bond motifs is 1. The zero-order valence-corrected chi connectivity index (χ0v) is 10.2. The van der Waals surface area contributed by atoms with Crippen molar-refractivity contribution in [3.8, 4) is 0 Å². The topological polar surface area (TPSA) is 35.2 Å². The van der Waals surface area contributed by atoms with E-state index in [4.69, 9.17) is 10.5 Å². The molecule has 0 fully saturated rings. The maximum atomic E-state index is 6.22. The fourth-order valence-electron chi connectivity index (χ4n) is 2.16. The van der Waals surface area contributed by atoms with Gasteiger partial charge < -0.3 is 10.5 Å². The van der Waals surface area contributed by atoms with Crippen LogP contribution in [0.3, 0.4) is 0 Å². The summed E-state index contributed by atoms with van der Waals surface area (Å²) >= 11 is 0. The highest BCUT2D eigenvalue weighted by Crippen LogP contribution is 2.26. The molecule has 0 spiro atoms. The van der Waals surface area contributed by atoms with Crippen molar-refractivity contribution in [3.63, 3.8) is 0 Å². The maximum absolute atomic E-state index is 6.22. The molecule has 1 aliphatic heterocycles. The summed E-state index contributed by atoms with van der Waals surface area (Å²) in [5.74, 6) is 0.694. The first-order valence-corrected chi connectivity index (χ1v) is 6.15. The third-order valence-corrected chi connectivity index (χ3v) is 3.53. The third-order valence-electron chi connectivity index (χ3n) is 3.53. The molecular formula is C14H21NO. The highest BCUT2D eigenvalue weighted by atomic mass is 16.5. The molecule has 2 nitrogen and oxygen atoms in total. The van der Waals surface area contributed by atoms with Gasteiger partial charge in [-0.05, 0) is 29.0 Å². The Morgan fingerprint density at radius 2 is 2.06 bits per heavy atom. The molecule has 2 rings (SSSR count). The number of ether oxygens (including phenoxy) is 1. The molecule has 2 heteroatoms. The van der Waals surface area contributed by atoms with E-state index >= 15 is 0 Å². The molecule has 2 atom stereocenters. The van der Waals surface area contributed by atoms with Crippen LogP contribution in [-0.2, 0) is 18.0 Å². The van der Waals surface area contributed by atoms with Crippen LogP contribution in [0.15, 0.2) is 18.2 Å². The van der Waals surface area contributed by atoms with Crippen molar-refractivity contribution in [2.24, 2.45) is 11.7 Å². The van der Waals surface area contributed by atoms with Gasteiger partial charge in [0.2, 0.25) is 0 Å². The Morgan fingerprint density at radius 3 is 2.81 bits per heavy atom. The Labute approximate surface area is 97.8 Å². The van der Waals surface area contributed by atoms with Crippen LogP contribution in [0.2, 0.25) is 0 Å². The lowest BCUT2D eigenvalue weighted by Gasteiger charge is -2.17. The maximum Gasteiger partial charge on any atom is 0.0725 e. The molecule has 1 aromatic rings. The average Bonchev–Trinajstić information content (AvgIpc) is 2.75. The largest absolute Gasteiger partial charge is 0.372 e. The molecular weight excluding hydrogens is 198 g/mol. The van der Waals surface area contributed by atoms with Crippen LogP contribution in [0, 0.1) is 5.92 Å². The van der Waals surface area contributed by atoms with E-state index in [0.717, 1.165) is 19.6 Å². The van der Waals surface area contributed by atoms with E-state index in [1.807, 2.05) is 0 Å². The van der Waals surface area contributed by atoms with Crippen molar-refractivity contribution < 1.29 is 4.74 Å².